The number of aliphatic carboxylic acids is 2. The molecule has 0 aliphatic heterocycles. The molecule has 2 N–H and O–H groups in total. The molecule has 0 aromatic carbocycles. The molecule has 0 unspecified atom stereocenters. The van der Waals surface area contributed by atoms with Crippen LogP contribution in [0.25, 0.3) is 0 Å². The van der Waals surface area contributed by atoms with E-state index in [9.17, 15) is 9.18 Å². The monoisotopic (exact) mass is 152 g/mol. The molecule has 0 spiro atoms. The Morgan fingerprint density at radius 2 is 1.50 bits per heavy atom. The first-order valence-electron chi connectivity index (χ1n) is 2.54. The van der Waals surface area contributed by atoms with Crippen molar-refractivity contribution in [3.05, 3.63) is 0 Å². The molecule has 0 saturated heterocycles. The summed E-state index contributed by atoms with van der Waals surface area (Å²) in [5.74, 6) is -2.16. The highest BCUT2D eigenvalue weighted by Crippen LogP contribution is 1.67. The normalized spacial score (nSPS) is 7.40. The summed E-state index contributed by atoms with van der Waals surface area (Å²) in [6.07, 6.45) is 0.222. The Balaban J connectivity index is 0. The van der Waals surface area contributed by atoms with E-state index in [1.807, 2.05) is 0 Å². The van der Waals surface area contributed by atoms with Crippen LogP contribution in [-0.4, -0.2) is 28.8 Å². The number of carbonyl (C=O) groups is 2. The van der Waals surface area contributed by atoms with Crippen LogP contribution in [0.5, 0.6) is 0 Å². The summed E-state index contributed by atoms with van der Waals surface area (Å²) in [6.45, 7) is 0.322. The largest absolute Gasteiger partial charge is 0.481 e. The van der Waals surface area contributed by atoms with Gasteiger partial charge in [0.05, 0.1) is 0 Å². The molecule has 0 aromatic heterocycles. The van der Waals surface area contributed by atoms with Crippen LogP contribution in [0.3, 0.4) is 0 Å². The zero-order chi connectivity index (χ0) is 8.57. The second kappa shape index (κ2) is 7.87. The molecule has 0 atom stereocenters. The minimum atomic E-state index is -1.41. The van der Waals surface area contributed by atoms with Crippen molar-refractivity contribution in [3.63, 3.8) is 0 Å². The summed E-state index contributed by atoms with van der Waals surface area (Å²) in [5, 5.41) is 15.1. The number of carboxylic acids is 2. The summed E-state index contributed by atoms with van der Waals surface area (Å²) in [6, 6.07) is 0. The Hall–Kier alpha value is -1.13. The lowest BCUT2D eigenvalue weighted by atomic mass is 10.5. The molecular weight excluding hydrogens is 143 g/mol. The highest BCUT2D eigenvalue weighted by Gasteiger charge is 1.85. The predicted molar refractivity (Wildman–Crippen MR) is 31.5 cm³/mol. The number of carboxylic acid groups (broad SMARTS) is 2. The van der Waals surface area contributed by atoms with Crippen LogP contribution in [0.15, 0.2) is 0 Å². The molecule has 4 nitrogen and oxygen atoms in total. The standard InChI is InChI=1S/C3H6O2.C2H3FO2/c1-2-3(4)5;3-1-2(4)5/h2H2,1H3,(H,4,5);1H2,(H,4,5). The Kier molecular flexibility index (Phi) is 9.16. The van der Waals surface area contributed by atoms with Gasteiger partial charge >= 0.3 is 11.9 Å². The fourth-order valence-corrected chi connectivity index (χ4v) is 0. The summed E-state index contributed by atoms with van der Waals surface area (Å²) < 4.78 is 10.5. The maximum absolute atomic E-state index is 10.5. The van der Waals surface area contributed by atoms with E-state index in [-0.39, 0.29) is 6.42 Å². The number of rotatable bonds is 2. The molecule has 0 aliphatic carbocycles. The molecule has 0 saturated carbocycles. The predicted octanol–water partition coefficient (Wildman–Crippen LogP) is 0.521. The minimum Gasteiger partial charge on any atom is -0.481 e. The molecular formula is C5H9FO4. The third-order valence-electron chi connectivity index (χ3n) is 0.417. The van der Waals surface area contributed by atoms with E-state index >= 15 is 0 Å². The van der Waals surface area contributed by atoms with Crippen LogP contribution < -0.4 is 0 Å². The van der Waals surface area contributed by atoms with E-state index < -0.39 is 18.6 Å². The number of alkyl halides is 1. The molecule has 0 aromatic rings. The number of hydrogen-bond donors (Lipinski definition) is 2. The quantitative estimate of drug-likeness (QED) is 0.604. The third-order valence-corrected chi connectivity index (χ3v) is 0.417. The van der Waals surface area contributed by atoms with Gasteiger partial charge in [0.25, 0.3) is 0 Å². The summed E-state index contributed by atoms with van der Waals surface area (Å²) >= 11 is 0. The fourth-order valence-electron chi connectivity index (χ4n) is 0. The van der Waals surface area contributed by atoms with Gasteiger partial charge in [-0.3, -0.25) is 4.79 Å². The lowest BCUT2D eigenvalue weighted by Crippen LogP contribution is -1.93. The second-order valence-electron chi connectivity index (χ2n) is 1.27. The van der Waals surface area contributed by atoms with Gasteiger partial charge in [0.1, 0.15) is 0 Å². The summed E-state index contributed by atoms with van der Waals surface area (Å²) in [5.41, 5.74) is 0. The van der Waals surface area contributed by atoms with Crippen molar-refractivity contribution < 1.29 is 24.2 Å². The van der Waals surface area contributed by atoms with E-state index in [2.05, 4.69) is 0 Å². The van der Waals surface area contributed by atoms with Gasteiger partial charge in [-0.1, -0.05) is 6.92 Å². The highest BCUT2D eigenvalue weighted by molar-refractivity contribution is 5.67. The van der Waals surface area contributed by atoms with Crippen molar-refractivity contribution >= 4 is 11.9 Å². The van der Waals surface area contributed by atoms with Gasteiger partial charge < -0.3 is 10.2 Å². The first-order valence-corrected chi connectivity index (χ1v) is 2.54. The van der Waals surface area contributed by atoms with Crippen molar-refractivity contribution in [1.29, 1.82) is 0 Å². The SMILES string of the molecule is CCC(=O)O.O=C(O)CF. The Bertz CT molecular complexity index is 98.2. The molecule has 0 rings (SSSR count). The van der Waals surface area contributed by atoms with E-state index in [0.29, 0.717) is 0 Å². The third kappa shape index (κ3) is 28.7. The van der Waals surface area contributed by atoms with Crippen LogP contribution in [0, 0.1) is 0 Å². The molecule has 0 amide bonds. The van der Waals surface area contributed by atoms with Crippen molar-refractivity contribution in [3.8, 4) is 0 Å². The van der Waals surface area contributed by atoms with Gasteiger partial charge in [0.15, 0.2) is 6.67 Å². The lowest BCUT2D eigenvalue weighted by Gasteiger charge is -1.71. The van der Waals surface area contributed by atoms with Crippen LogP contribution in [0.4, 0.5) is 4.39 Å². The second-order valence-corrected chi connectivity index (χ2v) is 1.27. The Labute approximate surface area is 57.3 Å². The molecule has 60 valence electrons. The fraction of sp³-hybridized carbons (Fsp3) is 0.600. The number of hydrogen-bond acceptors (Lipinski definition) is 2. The molecule has 0 bridgehead atoms. The average Bonchev–Trinajstić information content (AvgIpc) is 1.89. The van der Waals surface area contributed by atoms with Crippen molar-refractivity contribution in [2.24, 2.45) is 0 Å². The van der Waals surface area contributed by atoms with E-state index in [0.717, 1.165) is 0 Å². The molecule has 10 heavy (non-hydrogen) atoms. The van der Waals surface area contributed by atoms with Gasteiger partial charge in [-0.15, -0.1) is 0 Å². The molecule has 0 aliphatic rings. The topological polar surface area (TPSA) is 74.6 Å². The first-order chi connectivity index (χ1) is 4.54. The zero-order valence-electron chi connectivity index (χ0n) is 5.50. The van der Waals surface area contributed by atoms with Crippen LogP contribution >= 0.6 is 0 Å². The first kappa shape index (κ1) is 11.6. The van der Waals surface area contributed by atoms with Crippen molar-refractivity contribution in [1.82, 2.24) is 0 Å². The molecule has 0 fully saturated rings. The van der Waals surface area contributed by atoms with Gasteiger partial charge in [0, 0.05) is 6.42 Å². The van der Waals surface area contributed by atoms with Crippen LogP contribution in [0.2, 0.25) is 0 Å². The summed E-state index contributed by atoms with van der Waals surface area (Å²) in [7, 11) is 0. The highest BCUT2D eigenvalue weighted by atomic mass is 19.1. The zero-order valence-corrected chi connectivity index (χ0v) is 5.50. The van der Waals surface area contributed by atoms with Crippen molar-refractivity contribution in [2.45, 2.75) is 13.3 Å². The lowest BCUT2D eigenvalue weighted by molar-refractivity contribution is -0.138. The van der Waals surface area contributed by atoms with Gasteiger partial charge in [-0.25, -0.2) is 9.18 Å². The van der Waals surface area contributed by atoms with Gasteiger partial charge in [0.2, 0.25) is 0 Å². The van der Waals surface area contributed by atoms with Gasteiger partial charge in [-0.2, -0.15) is 0 Å². The Morgan fingerprint density at radius 1 is 1.30 bits per heavy atom. The maximum Gasteiger partial charge on any atom is 0.335 e. The van der Waals surface area contributed by atoms with Crippen molar-refractivity contribution in [2.75, 3.05) is 6.67 Å². The molecule has 5 heteroatoms. The average molecular weight is 152 g/mol. The summed E-state index contributed by atoms with van der Waals surface area (Å²) in [4.78, 5) is 18.4. The van der Waals surface area contributed by atoms with E-state index in [4.69, 9.17) is 15.0 Å². The minimum absolute atomic E-state index is 0.222. The van der Waals surface area contributed by atoms with Crippen LogP contribution in [-0.2, 0) is 9.59 Å². The van der Waals surface area contributed by atoms with Gasteiger partial charge in [-0.05, 0) is 0 Å². The molecule has 0 radical (unpaired) electrons. The van der Waals surface area contributed by atoms with E-state index in [1.54, 1.807) is 6.92 Å². The van der Waals surface area contributed by atoms with E-state index in [1.165, 1.54) is 0 Å². The molecule has 0 heterocycles. The van der Waals surface area contributed by atoms with Crippen LogP contribution in [0.1, 0.15) is 13.3 Å². The maximum atomic E-state index is 10.5. The Morgan fingerprint density at radius 3 is 1.50 bits per heavy atom. The number of halogens is 1. The smallest absolute Gasteiger partial charge is 0.335 e.